The molecule has 2 aromatic heterocycles. The molecule has 0 fully saturated rings. The Hall–Kier alpha value is -2.57. The maximum absolute atomic E-state index is 12.1. The number of carbonyl (C=O) groups is 1. The van der Waals surface area contributed by atoms with Crippen LogP contribution in [0.5, 0.6) is 0 Å². The lowest BCUT2D eigenvalue weighted by Crippen LogP contribution is -2.14. The third-order valence-electron chi connectivity index (χ3n) is 3.38. The van der Waals surface area contributed by atoms with Crippen LogP contribution in [0.1, 0.15) is 16.1 Å². The lowest BCUT2D eigenvalue weighted by molar-refractivity contribution is 0.102. The van der Waals surface area contributed by atoms with Crippen molar-refractivity contribution in [3.8, 4) is 11.1 Å². The van der Waals surface area contributed by atoms with E-state index in [0.29, 0.717) is 38.2 Å². The molecule has 3 rings (SSSR count). The average molecular weight is 363 g/mol. The van der Waals surface area contributed by atoms with E-state index < -0.39 is 0 Å². The number of aromatic nitrogens is 2. The monoisotopic (exact) mass is 362 g/mol. The summed E-state index contributed by atoms with van der Waals surface area (Å²) in [6.45, 7) is 1.67. The highest BCUT2D eigenvalue weighted by atomic mass is 35.5. The minimum absolute atomic E-state index is 0.221. The van der Waals surface area contributed by atoms with Gasteiger partial charge in [-0.1, -0.05) is 28.4 Å². The minimum atomic E-state index is -0.380. The third kappa shape index (κ3) is 3.20. The number of carbonyl (C=O) groups excluding carboxylic acids is 1. The third-order valence-corrected chi connectivity index (χ3v) is 3.94. The number of hydrogen-bond acceptors (Lipinski definition) is 5. The first kappa shape index (κ1) is 16.3. The van der Waals surface area contributed by atoms with E-state index in [1.807, 2.05) is 0 Å². The van der Waals surface area contributed by atoms with Gasteiger partial charge in [-0.2, -0.15) is 0 Å². The first-order valence-corrected chi connectivity index (χ1v) is 7.65. The first-order valence-electron chi connectivity index (χ1n) is 6.90. The summed E-state index contributed by atoms with van der Waals surface area (Å²) in [5.74, 6) is 0.146. The predicted molar refractivity (Wildman–Crippen MR) is 93.3 cm³/mol. The van der Waals surface area contributed by atoms with Crippen LogP contribution in [0.15, 0.2) is 41.1 Å². The van der Waals surface area contributed by atoms with Crippen molar-refractivity contribution in [1.29, 1.82) is 0 Å². The van der Waals surface area contributed by atoms with Crippen LogP contribution in [-0.2, 0) is 0 Å². The summed E-state index contributed by atoms with van der Waals surface area (Å²) in [4.78, 5) is 16.3. The Morgan fingerprint density at radius 1 is 1.21 bits per heavy atom. The molecule has 0 atom stereocenters. The quantitative estimate of drug-likeness (QED) is 0.728. The molecular formula is C16H12Cl2N4O2. The highest BCUT2D eigenvalue weighted by Gasteiger charge is 2.15. The molecular weight excluding hydrogens is 351 g/mol. The van der Waals surface area contributed by atoms with E-state index in [9.17, 15) is 4.79 Å². The molecule has 0 saturated carbocycles. The second kappa shape index (κ2) is 6.51. The first-order chi connectivity index (χ1) is 11.5. The van der Waals surface area contributed by atoms with Crippen molar-refractivity contribution in [3.63, 3.8) is 0 Å². The molecule has 24 heavy (non-hydrogen) atoms. The number of rotatable bonds is 3. The van der Waals surface area contributed by atoms with Crippen molar-refractivity contribution in [2.75, 3.05) is 11.1 Å². The normalized spacial score (nSPS) is 10.6. The molecule has 1 amide bonds. The Morgan fingerprint density at radius 2 is 2.00 bits per heavy atom. The van der Waals surface area contributed by atoms with Crippen molar-refractivity contribution in [2.24, 2.45) is 0 Å². The smallest absolute Gasteiger partial charge is 0.262 e. The lowest BCUT2D eigenvalue weighted by atomic mass is 10.1. The predicted octanol–water partition coefficient (Wildman–Crippen LogP) is 4.19. The molecule has 6 nitrogen and oxygen atoms in total. The number of pyridine rings is 1. The number of nitrogens with two attached hydrogens (primary N) is 1. The zero-order valence-electron chi connectivity index (χ0n) is 12.5. The van der Waals surface area contributed by atoms with Gasteiger partial charge in [0.15, 0.2) is 0 Å². The van der Waals surface area contributed by atoms with E-state index in [4.69, 9.17) is 33.5 Å². The second-order valence-electron chi connectivity index (χ2n) is 5.02. The molecule has 0 aliphatic carbocycles. The molecule has 3 N–H and O–H groups in total. The van der Waals surface area contributed by atoms with Crippen LogP contribution < -0.4 is 11.1 Å². The summed E-state index contributed by atoms with van der Waals surface area (Å²) in [5, 5.41) is 7.34. The molecule has 0 saturated heterocycles. The van der Waals surface area contributed by atoms with Gasteiger partial charge in [-0.25, -0.2) is 4.98 Å². The highest BCUT2D eigenvalue weighted by Crippen LogP contribution is 2.34. The Balaban J connectivity index is 1.89. The second-order valence-corrected chi connectivity index (χ2v) is 5.86. The Bertz CT molecular complexity index is 924. The Kier molecular flexibility index (Phi) is 4.42. The number of aryl methyl sites for hydroxylation is 1. The molecule has 0 bridgehead atoms. The molecule has 8 heteroatoms. The number of anilines is 2. The molecule has 0 unspecified atom stereocenters. The molecule has 0 aliphatic rings. The van der Waals surface area contributed by atoms with Crippen LogP contribution in [0.2, 0.25) is 10.0 Å². The molecule has 1 aromatic carbocycles. The van der Waals surface area contributed by atoms with Gasteiger partial charge in [-0.3, -0.25) is 4.79 Å². The average Bonchev–Trinajstić information content (AvgIpc) is 2.96. The molecule has 0 aliphatic heterocycles. The van der Waals surface area contributed by atoms with Crippen LogP contribution >= 0.6 is 23.2 Å². The fourth-order valence-electron chi connectivity index (χ4n) is 2.17. The zero-order valence-corrected chi connectivity index (χ0v) is 14.0. The number of halogens is 2. The van der Waals surface area contributed by atoms with E-state index in [1.165, 1.54) is 6.26 Å². The summed E-state index contributed by atoms with van der Waals surface area (Å²) in [6, 6.07) is 8.42. The van der Waals surface area contributed by atoms with Gasteiger partial charge in [0.1, 0.15) is 23.5 Å². The van der Waals surface area contributed by atoms with Crippen molar-refractivity contribution < 1.29 is 9.32 Å². The van der Waals surface area contributed by atoms with Gasteiger partial charge in [-0.15, -0.1) is 0 Å². The number of nitrogen functional groups attached to an aromatic ring is 1. The molecule has 2 heterocycles. The van der Waals surface area contributed by atoms with Crippen molar-refractivity contribution in [1.82, 2.24) is 10.1 Å². The molecule has 0 spiro atoms. The Labute approximate surface area is 147 Å². The maximum Gasteiger partial charge on any atom is 0.262 e. The summed E-state index contributed by atoms with van der Waals surface area (Å²) in [5.41, 5.74) is 8.12. The number of benzene rings is 1. The van der Waals surface area contributed by atoms with Crippen LogP contribution in [0.25, 0.3) is 11.1 Å². The molecule has 122 valence electrons. The van der Waals surface area contributed by atoms with Gasteiger partial charge in [-0.05, 0) is 37.3 Å². The maximum atomic E-state index is 12.1. The molecule has 0 radical (unpaired) electrons. The van der Waals surface area contributed by atoms with Gasteiger partial charge >= 0.3 is 0 Å². The van der Waals surface area contributed by atoms with Gasteiger partial charge in [0.05, 0.1) is 5.69 Å². The van der Waals surface area contributed by atoms with E-state index in [0.717, 1.165) is 0 Å². The minimum Gasteiger partial charge on any atom is -0.383 e. The number of hydrogen-bond donors (Lipinski definition) is 2. The number of amides is 1. The standard InChI is InChI=1S/C16H12Cl2N4O2/c1-8-12(7-24-22-8)16(23)21-14-5-3-10(15(19)20-14)11-6-9(17)2-4-13(11)18/h2-7H,1H3,(H3,19,20,21,23). The summed E-state index contributed by atoms with van der Waals surface area (Å²) in [7, 11) is 0. The van der Waals surface area contributed by atoms with Crippen molar-refractivity contribution in [3.05, 3.63) is 57.9 Å². The van der Waals surface area contributed by atoms with E-state index >= 15 is 0 Å². The molecule has 3 aromatic rings. The largest absolute Gasteiger partial charge is 0.383 e. The summed E-state index contributed by atoms with van der Waals surface area (Å²) in [6.07, 6.45) is 1.27. The SMILES string of the molecule is Cc1nocc1C(=O)Nc1ccc(-c2cc(Cl)ccc2Cl)c(N)n1. The zero-order chi connectivity index (χ0) is 17.3. The number of nitrogens with one attached hydrogen (secondary N) is 1. The van der Waals surface area contributed by atoms with Crippen molar-refractivity contribution >= 4 is 40.7 Å². The van der Waals surface area contributed by atoms with Gasteiger partial charge in [0, 0.05) is 21.2 Å². The number of nitrogens with zero attached hydrogens (tertiary/aromatic N) is 2. The lowest BCUT2D eigenvalue weighted by Gasteiger charge is -2.10. The van der Waals surface area contributed by atoms with Crippen LogP contribution in [0, 0.1) is 6.92 Å². The van der Waals surface area contributed by atoms with Crippen LogP contribution in [-0.4, -0.2) is 16.0 Å². The fraction of sp³-hybridized carbons (Fsp3) is 0.0625. The summed E-state index contributed by atoms with van der Waals surface area (Å²) < 4.78 is 4.75. The van der Waals surface area contributed by atoms with E-state index in [1.54, 1.807) is 37.3 Å². The van der Waals surface area contributed by atoms with Crippen LogP contribution in [0.4, 0.5) is 11.6 Å². The fourth-order valence-corrected chi connectivity index (χ4v) is 2.56. The van der Waals surface area contributed by atoms with Crippen LogP contribution in [0.3, 0.4) is 0 Å². The van der Waals surface area contributed by atoms with E-state index in [2.05, 4.69) is 15.5 Å². The van der Waals surface area contributed by atoms with Gasteiger partial charge < -0.3 is 15.6 Å². The highest BCUT2D eigenvalue weighted by molar-refractivity contribution is 6.35. The van der Waals surface area contributed by atoms with E-state index in [-0.39, 0.29) is 11.7 Å². The van der Waals surface area contributed by atoms with Gasteiger partial charge in [0.2, 0.25) is 0 Å². The van der Waals surface area contributed by atoms with Gasteiger partial charge in [0.25, 0.3) is 5.91 Å². The Morgan fingerprint density at radius 3 is 2.67 bits per heavy atom. The summed E-state index contributed by atoms with van der Waals surface area (Å²) >= 11 is 12.2. The topological polar surface area (TPSA) is 94.0 Å². The van der Waals surface area contributed by atoms with Crippen molar-refractivity contribution in [2.45, 2.75) is 6.92 Å².